The lowest BCUT2D eigenvalue weighted by Gasteiger charge is -2.10. The monoisotopic (exact) mass is 334 g/mol. The number of hydrogen-bond donors (Lipinski definition) is 2. The SMILES string of the molecule is CCCOc1ccc(/C=C/C(=O)NCC(=O)NC(C)C)cc1OC. The third-order valence-corrected chi connectivity index (χ3v) is 2.95. The van der Waals surface area contributed by atoms with Crippen molar-refractivity contribution in [1.29, 1.82) is 0 Å². The summed E-state index contributed by atoms with van der Waals surface area (Å²) in [7, 11) is 1.57. The van der Waals surface area contributed by atoms with E-state index < -0.39 is 0 Å². The molecule has 1 aromatic carbocycles. The van der Waals surface area contributed by atoms with Gasteiger partial charge in [0, 0.05) is 12.1 Å². The zero-order chi connectivity index (χ0) is 17.9. The number of hydrogen-bond acceptors (Lipinski definition) is 4. The van der Waals surface area contributed by atoms with Crippen molar-refractivity contribution in [2.45, 2.75) is 33.2 Å². The van der Waals surface area contributed by atoms with Crippen molar-refractivity contribution in [2.75, 3.05) is 20.3 Å². The Morgan fingerprint density at radius 1 is 1.25 bits per heavy atom. The van der Waals surface area contributed by atoms with Gasteiger partial charge in [-0.1, -0.05) is 13.0 Å². The Bertz CT molecular complexity index is 582. The van der Waals surface area contributed by atoms with Crippen LogP contribution >= 0.6 is 0 Å². The fourth-order valence-electron chi connectivity index (χ4n) is 1.89. The lowest BCUT2D eigenvalue weighted by atomic mass is 10.2. The molecule has 0 heterocycles. The molecular formula is C18H26N2O4. The van der Waals surface area contributed by atoms with Crippen LogP contribution in [0.3, 0.4) is 0 Å². The number of carbonyl (C=O) groups is 2. The first-order chi connectivity index (χ1) is 11.5. The highest BCUT2D eigenvalue weighted by atomic mass is 16.5. The van der Waals surface area contributed by atoms with Crippen LogP contribution in [0, 0.1) is 0 Å². The van der Waals surface area contributed by atoms with Crippen LogP contribution in [0.4, 0.5) is 0 Å². The molecule has 0 atom stereocenters. The Kier molecular flexibility index (Phi) is 8.39. The van der Waals surface area contributed by atoms with Gasteiger partial charge in [0.1, 0.15) is 0 Å². The van der Waals surface area contributed by atoms with Gasteiger partial charge >= 0.3 is 0 Å². The van der Waals surface area contributed by atoms with E-state index in [2.05, 4.69) is 10.6 Å². The number of benzene rings is 1. The molecule has 0 aliphatic carbocycles. The normalized spacial score (nSPS) is 10.7. The van der Waals surface area contributed by atoms with Gasteiger partial charge < -0.3 is 20.1 Å². The maximum atomic E-state index is 11.7. The van der Waals surface area contributed by atoms with E-state index in [1.165, 1.54) is 6.08 Å². The molecule has 0 aliphatic rings. The van der Waals surface area contributed by atoms with Crippen molar-refractivity contribution in [3.8, 4) is 11.5 Å². The van der Waals surface area contributed by atoms with Crippen molar-refractivity contribution >= 4 is 17.9 Å². The molecule has 0 bridgehead atoms. The van der Waals surface area contributed by atoms with E-state index in [-0.39, 0.29) is 24.4 Å². The molecule has 0 aromatic heterocycles. The summed E-state index contributed by atoms with van der Waals surface area (Å²) in [5.74, 6) is 0.735. The van der Waals surface area contributed by atoms with Crippen molar-refractivity contribution in [3.05, 3.63) is 29.8 Å². The maximum Gasteiger partial charge on any atom is 0.244 e. The second-order valence-corrected chi connectivity index (χ2v) is 5.53. The molecule has 1 aromatic rings. The van der Waals surface area contributed by atoms with E-state index in [0.29, 0.717) is 18.1 Å². The van der Waals surface area contributed by atoms with Crippen LogP contribution in [0.1, 0.15) is 32.8 Å². The molecule has 24 heavy (non-hydrogen) atoms. The molecule has 0 aliphatic heterocycles. The molecule has 0 radical (unpaired) electrons. The zero-order valence-corrected chi connectivity index (χ0v) is 14.7. The Morgan fingerprint density at radius 2 is 2.00 bits per heavy atom. The van der Waals surface area contributed by atoms with Gasteiger partial charge in [-0.05, 0) is 44.0 Å². The summed E-state index contributed by atoms with van der Waals surface area (Å²) in [4.78, 5) is 23.2. The van der Waals surface area contributed by atoms with Gasteiger partial charge in [-0.25, -0.2) is 0 Å². The van der Waals surface area contributed by atoms with Crippen molar-refractivity contribution in [1.82, 2.24) is 10.6 Å². The minimum absolute atomic E-state index is 0.0471. The first-order valence-corrected chi connectivity index (χ1v) is 8.02. The van der Waals surface area contributed by atoms with Crippen LogP contribution in [0.25, 0.3) is 6.08 Å². The summed E-state index contributed by atoms with van der Waals surface area (Å²) < 4.78 is 10.9. The predicted octanol–water partition coefficient (Wildman–Crippen LogP) is 2.14. The van der Waals surface area contributed by atoms with Gasteiger partial charge in [0.15, 0.2) is 11.5 Å². The van der Waals surface area contributed by atoms with Crippen LogP contribution in [0.2, 0.25) is 0 Å². The van der Waals surface area contributed by atoms with Gasteiger partial charge in [-0.3, -0.25) is 9.59 Å². The minimum Gasteiger partial charge on any atom is -0.493 e. The van der Waals surface area contributed by atoms with Crippen molar-refractivity contribution < 1.29 is 19.1 Å². The Morgan fingerprint density at radius 3 is 2.62 bits per heavy atom. The summed E-state index contributed by atoms with van der Waals surface area (Å²) in [5, 5.41) is 5.23. The number of carbonyl (C=O) groups excluding carboxylic acids is 2. The first kappa shape index (κ1) is 19.5. The highest BCUT2D eigenvalue weighted by Gasteiger charge is 2.06. The summed E-state index contributed by atoms with van der Waals surface area (Å²) in [6.07, 6.45) is 3.95. The average molecular weight is 334 g/mol. The molecule has 0 fully saturated rings. The van der Waals surface area contributed by atoms with Crippen molar-refractivity contribution in [2.24, 2.45) is 0 Å². The van der Waals surface area contributed by atoms with E-state index >= 15 is 0 Å². The minimum atomic E-state index is -0.334. The molecule has 6 heteroatoms. The van der Waals surface area contributed by atoms with E-state index in [4.69, 9.17) is 9.47 Å². The molecule has 0 spiro atoms. The fraction of sp³-hybridized carbons (Fsp3) is 0.444. The van der Waals surface area contributed by atoms with Crippen LogP contribution < -0.4 is 20.1 Å². The second-order valence-electron chi connectivity index (χ2n) is 5.53. The third-order valence-electron chi connectivity index (χ3n) is 2.95. The van der Waals surface area contributed by atoms with Gasteiger partial charge in [0.2, 0.25) is 11.8 Å². The quantitative estimate of drug-likeness (QED) is 0.678. The Labute approximate surface area is 143 Å². The number of nitrogens with one attached hydrogen (secondary N) is 2. The van der Waals surface area contributed by atoms with E-state index in [1.807, 2.05) is 32.9 Å². The van der Waals surface area contributed by atoms with Crippen LogP contribution in [0.15, 0.2) is 24.3 Å². The number of amides is 2. The molecule has 132 valence electrons. The lowest BCUT2D eigenvalue weighted by Crippen LogP contribution is -2.39. The number of rotatable bonds is 9. The first-order valence-electron chi connectivity index (χ1n) is 8.02. The maximum absolute atomic E-state index is 11.7. The molecule has 0 saturated heterocycles. The lowest BCUT2D eigenvalue weighted by molar-refractivity contribution is -0.124. The summed E-state index contributed by atoms with van der Waals surface area (Å²) in [6.45, 7) is 6.33. The smallest absolute Gasteiger partial charge is 0.244 e. The average Bonchev–Trinajstić information content (AvgIpc) is 2.55. The number of methoxy groups -OCH3 is 1. The second kappa shape index (κ2) is 10.3. The van der Waals surface area contributed by atoms with Gasteiger partial charge in [0.25, 0.3) is 0 Å². The molecule has 6 nitrogen and oxygen atoms in total. The molecule has 1 rings (SSSR count). The standard InChI is InChI=1S/C18H26N2O4/c1-5-10-24-15-8-6-14(11-16(15)23-4)7-9-17(21)19-12-18(22)20-13(2)3/h6-9,11,13H,5,10,12H2,1-4H3,(H,19,21)(H,20,22)/b9-7+. The largest absolute Gasteiger partial charge is 0.493 e. The Balaban J connectivity index is 2.59. The van der Waals surface area contributed by atoms with Gasteiger partial charge in [-0.15, -0.1) is 0 Å². The highest BCUT2D eigenvalue weighted by Crippen LogP contribution is 2.28. The van der Waals surface area contributed by atoms with Crippen LogP contribution in [-0.4, -0.2) is 38.1 Å². The fourth-order valence-corrected chi connectivity index (χ4v) is 1.89. The third kappa shape index (κ3) is 7.17. The van der Waals surface area contributed by atoms with Crippen LogP contribution in [0.5, 0.6) is 11.5 Å². The zero-order valence-electron chi connectivity index (χ0n) is 14.7. The van der Waals surface area contributed by atoms with Crippen molar-refractivity contribution in [3.63, 3.8) is 0 Å². The predicted molar refractivity (Wildman–Crippen MR) is 94.1 cm³/mol. The molecule has 0 saturated carbocycles. The van der Waals surface area contributed by atoms with E-state index in [9.17, 15) is 9.59 Å². The molecule has 2 amide bonds. The molecule has 2 N–H and O–H groups in total. The van der Waals surface area contributed by atoms with E-state index in [1.54, 1.807) is 19.3 Å². The van der Waals surface area contributed by atoms with Gasteiger partial charge in [-0.2, -0.15) is 0 Å². The highest BCUT2D eigenvalue weighted by molar-refractivity contribution is 5.94. The topological polar surface area (TPSA) is 76.7 Å². The van der Waals surface area contributed by atoms with Crippen LogP contribution in [-0.2, 0) is 9.59 Å². The Hall–Kier alpha value is -2.50. The summed E-state index contributed by atoms with van der Waals surface area (Å²) >= 11 is 0. The molecule has 0 unspecified atom stereocenters. The molecular weight excluding hydrogens is 308 g/mol. The van der Waals surface area contributed by atoms with E-state index in [0.717, 1.165) is 12.0 Å². The summed E-state index contributed by atoms with van der Waals surface area (Å²) in [5.41, 5.74) is 0.803. The summed E-state index contributed by atoms with van der Waals surface area (Å²) in [6, 6.07) is 5.48. The van der Waals surface area contributed by atoms with Gasteiger partial charge in [0.05, 0.1) is 20.3 Å². The number of ether oxygens (including phenoxy) is 2.